The Morgan fingerprint density at radius 3 is 2.31 bits per heavy atom. The van der Waals surface area contributed by atoms with Crippen molar-refractivity contribution in [2.75, 3.05) is 6.61 Å². The molecular weight excluding hydrogens is 452 g/mol. The highest BCUT2D eigenvalue weighted by molar-refractivity contribution is 5.93. The highest BCUT2D eigenvalue weighted by Gasteiger charge is 2.71. The summed E-state index contributed by atoms with van der Waals surface area (Å²) in [4.78, 5) is 61.7. The fourth-order valence-corrected chi connectivity index (χ4v) is 8.17. The molecule has 0 unspecified atom stereocenters. The van der Waals surface area contributed by atoms with Gasteiger partial charge in [0, 0.05) is 38.5 Å². The summed E-state index contributed by atoms with van der Waals surface area (Å²) in [5.41, 5.74) is -1.39. The van der Waals surface area contributed by atoms with E-state index in [-0.39, 0.29) is 29.0 Å². The van der Waals surface area contributed by atoms with Crippen LogP contribution >= 0.6 is 0 Å². The molecule has 0 heterocycles. The Morgan fingerprint density at radius 1 is 0.971 bits per heavy atom. The number of Topliss-reactive ketones (excluding diaryl/α,β-unsaturated/α-hetero) is 1. The van der Waals surface area contributed by atoms with Crippen molar-refractivity contribution in [1.29, 1.82) is 0 Å². The molecule has 0 amide bonds. The lowest BCUT2D eigenvalue weighted by molar-refractivity contribution is -0.208. The number of ketones is 2. The van der Waals surface area contributed by atoms with Crippen molar-refractivity contribution in [3.05, 3.63) is 11.6 Å². The summed E-state index contributed by atoms with van der Waals surface area (Å²) in [6, 6.07) is 0. The fraction of sp³-hybridized carbons (Fsp3) is 0.741. The van der Waals surface area contributed by atoms with Gasteiger partial charge < -0.3 is 14.2 Å². The molecular formula is C27H36O8. The maximum absolute atomic E-state index is 13.6. The van der Waals surface area contributed by atoms with Gasteiger partial charge in [0.05, 0.1) is 0 Å². The summed E-state index contributed by atoms with van der Waals surface area (Å²) in [7, 11) is 0. The number of esters is 3. The average molecular weight is 489 g/mol. The number of hydrogen-bond donors (Lipinski definition) is 0. The van der Waals surface area contributed by atoms with Gasteiger partial charge in [-0.2, -0.15) is 0 Å². The largest absolute Gasteiger partial charge is 0.462 e. The standard InChI is InChI=1S/C27H36O8/c1-15(28)33-14-23(32)27(35-17(3)30)11-9-21-20-7-6-18-12-19(31)8-10-25(18,4)24(20)22(34-16(2)29)13-26(21,27)5/h12,20-22,24H,6-11,13-14H2,1-5H3/t20-,21-,22+,24+,25+,26-,27-/m1/s1. The third-order valence-corrected chi connectivity index (χ3v) is 9.49. The monoisotopic (exact) mass is 488 g/mol. The SMILES string of the molecule is CC(=O)OCC(=O)[C@]1(OC(C)=O)CC[C@@H]2[C@H]3CCC4=CC(=O)CC[C@]4(C)[C@@H]3[C@@H](OC(C)=O)C[C@]21C. The second-order valence-corrected chi connectivity index (χ2v) is 11.3. The van der Waals surface area contributed by atoms with Gasteiger partial charge in [-0.15, -0.1) is 0 Å². The van der Waals surface area contributed by atoms with E-state index in [1.165, 1.54) is 20.8 Å². The molecule has 3 saturated carbocycles. The minimum Gasteiger partial charge on any atom is -0.462 e. The zero-order valence-corrected chi connectivity index (χ0v) is 21.3. The van der Waals surface area contributed by atoms with Crippen LogP contribution in [-0.2, 0) is 38.2 Å². The molecule has 0 aromatic carbocycles. The van der Waals surface area contributed by atoms with E-state index in [0.29, 0.717) is 32.1 Å². The van der Waals surface area contributed by atoms with E-state index in [1.807, 2.05) is 6.92 Å². The van der Waals surface area contributed by atoms with Crippen LogP contribution < -0.4 is 0 Å². The van der Waals surface area contributed by atoms with Crippen molar-refractivity contribution in [2.24, 2.45) is 28.6 Å². The van der Waals surface area contributed by atoms with E-state index in [9.17, 15) is 24.0 Å². The number of carbonyl (C=O) groups is 5. The van der Waals surface area contributed by atoms with Gasteiger partial charge >= 0.3 is 17.9 Å². The zero-order chi connectivity index (χ0) is 25.8. The Bertz CT molecular complexity index is 997. The van der Waals surface area contributed by atoms with Crippen molar-refractivity contribution < 1.29 is 38.2 Å². The predicted molar refractivity (Wildman–Crippen MR) is 124 cm³/mol. The minimum absolute atomic E-state index is 0.00859. The molecule has 4 aliphatic rings. The highest BCUT2D eigenvalue weighted by atomic mass is 16.6. The van der Waals surface area contributed by atoms with Crippen LogP contribution in [0.25, 0.3) is 0 Å². The van der Waals surface area contributed by atoms with Crippen molar-refractivity contribution >= 4 is 29.5 Å². The molecule has 8 nitrogen and oxygen atoms in total. The van der Waals surface area contributed by atoms with Gasteiger partial charge in [0.25, 0.3) is 0 Å². The van der Waals surface area contributed by atoms with E-state index in [2.05, 4.69) is 6.92 Å². The number of ether oxygens (including phenoxy) is 3. The first-order chi connectivity index (χ1) is 16.3. The summed E-state index contributed by atoms with van der Waals surface area (Å²) in [5.74, 6) is -1.64. The van der Waals surface area contributed by atoms with Crippen molar-refractivity contribution in [1.82, 2.24) is 0 Å². The third-order valence-electron chi connectivity index (χ3n) is 9.49. The molecule has 0 aromatic rings. The molecule has 0 radical (unpaired) electrons. The molecule has 0 aromatic heterocycles. The first-order valence-electron chi connectivity index (χ1n) is 12.6. The van der Waals surface area contributed by atoms with E-state index in [4.69, 9.17) is 14.2 Å². The quantitative estimate of drug-likeness (QED) is 0.427. The molecule has 8 heteroatoms. The first-order valence-corrected chi connectivity index (χ1v) is 12.6. The fourth-order valence-electron chi connectivity index (χ4n) is 8.17. The molecule has 4 aliphatic carbocycles. The van der Waals surface area contributed by atoms with Crippen molar-refractivity contribution in [2.45, 2.75) is 91.3 Å². The number of rotatable bonds is 5. The lowest BCUT2D eigenvalue weighted by Gasteiger charge is -2.61. The Morgan fingerprint density at radius 2 is 1.69 bits per heavy atom. The smallest absolute Gasteiger partial charge is 0.303 e. The van der Waals surface area contributed by atoms with Crippen LogP contribution in [0.2, 0.25) is 0 Å². The van der Waals surface area contributed by atoms with E-state index < -0.39 is 47.4 Å². The van der Waals surface area contributed by atoms with Gasteiger partial charge in [-0.1, -0.05) is 19.4 Å². The summed E-state index contributed by atoms with van der Waals surface area (Å²) < 4.78 is 16.9. The molecule has 192 valence electrons. The van der Waals surface area contributed by atoms with Gasteiger partial charge in [-0.3, -0.25) is 24.0 Å². The average Bonchev–Trinajstić information content (AvgIpc) is 3.04. The van der Waals surface area contributed by atoms with Crippen LogP contribution in [0.5, 0.6) is 0 Å². The summed E-state index contributed by atoms with van der Waals surface area (Å²) in [5, 5.41) is 0. The highest BCUT2D eigenvalue weighted by Crippen LogP contribution is 2.68. The Hall–Kier alpha value is -2.51. The second kappa shape index (κ2) is 8.86. The van der Waals surface area contributed by atoms with Gasteiger partial charge in [-0.05, 0) is 61.9 Å². The summed E-state index contributed by atoms with van der Waals surface area (Å²) in [6.07, 6.45) is 5.44. The van der Waals surface area contributed by atoms with Crippen LogP contribution in [-0.4, -0.2) is 47.8 Å². The van der Waals surface area contributed by atoms with Crippen LogP contribution in [0.4, 0.5) is 0 Å². The van der Waals surface area contributed by atoms with Gasteiger partial charge in [-0.25, -0.2) is 0 Å². The van der Waals surface area contributed by atoms with Crippen molar-refractivity contribution in [3.8, 4) is 0 Å². The Balaban J connectivity index is 1.79. The maximum atomic E-state index is 13.6. The molecule has 4 rings (SSSR count). The summed E-state index contributed by atoms with van der Waals surface area (Å²) >= 11 is 0. The van der Waals surface area contributed by atoms with E-state index >= 15 is 0 Å². The molecule has 7 atom stereocenters. The van der Waals surface area contributed by atoms with Gasteiger partial charge in [0.15, 0.2) is 18.0 Å². The van der Waals surface area contributed by atoms with Crippen LogP contribution in [0.15, 0.2) is 11.6 Å². The van der Waals surface area contributed by atoms with Crippen LogP contribution in [0.1, 0.15) is 79.6 Å². The lowest BCUT2D eigenvalue weighted by atomic mass is 9.45. The normalized spacial score (nSPS) is 39.9. The third kappa shape index (κ3) is 4.02. The molecule has 0 bridgehead atoms. The number of hydrogen-bond acceptors (Lipinski definition) is 8. The number of carbonyl (C=O) groups excluding carboxylic acids is 5. The predicted octanol–water partition coefficient (Wildman–Crippen LogP) is 3.49. The molecule has 3 fully saturated rings. The molecule has 0 spiro atoms. The maximum Gasteiger partial charge on any atom is 0.303 e. The Labute approximate surface area is 206 Å². The van der Waals surface area contributed by atoms with Gasteiger partial charge in [0.2, 0.25) is 5.78 Å². The molecule has 35 heavy (non-hydrogen) atoms. The topological polar surface area (TPSA) is 113 Å². The number of fused-ring (bicyclic) bond motifs is 5. The molecule has 0 N–H and O–H groups in total. The first kappa shape index (κ1) is 25.6. The number of allylic oxidation sites excluding steroid dienone is 1. The Kier molecular flexibility index (Phi) is 6.47. The van der Waals surface area contributed by atoms with Gasteiger partial charge in [0.1, 0.15) is 6.10 Å². The lowest BCUT2D eigenvalue weighted by Crippen LogP contribution is -2.63. The molecule has 0 saturated heterocycles. The molecule has 0 aliphatic heterocycles. The van der Waals surface area contributed by atoms with E-state index in [0.717, 1.165) is 18.4 Å². The van der Waals surface area contributed by atoms with E-state index in [1.54, 1.807) is 6.08 Å². The van der Waals surface area contributed by atoms with Crippen molar-refractivity contribution in [3.63, 3.8) is 0 Å². The van der Waals surface area contributed by atoms with Crippen LogP contribution in [0.3, 0.4) is 0 Å². The zero-order valence-electron chi connectivity index (χ0n) is 21.3. The van der Waals surface area contributed by atoms with Crippen LogP contribution in [0, 0.1) is 28.6 Å². The summed E-state index contributed by atoms with van der Waals surface area (Å²) in [6.45, 7) is 7.57. The second-order valence-electron chi connectivity index (χ2n) is 11.3. The minimum atomic E-state index is -1.46.